The summed E-state index contributed by atoms with van der Waals surface area (Å²) in [5, 5.41) is 3.29. The molecule has 4 heterocycles. The van der Waals surface area contributed by atoms with Gasteiger partial charge in [0, 0.05) is 51.5 Å². The van der Waals surface area contributed by atoms with Crippen molar-refractivity contribution in [2.45, 2.75) is 13.0 Å². The molecular weight excluding hydrogens is 332 g/mol. The number of carbonyl (C=O) groups excluding carboxylic acids is 1. The first-order valence-electron chi connectivity index (χ1n) is 8.53. The molecule has 26 heavy (non-hydrogen) atoms. The van der Waals surface area contributed by atoms with Crippen LogP contribution in [0.3, 0.4) is 0 Å². The minimum atomic E-state index is -0.346. The zero-order chi connectivity index (χ0) is 18.3. The Morgan fingerprint density at radius 3 is 2.92 bits per heavy atom. The van der Waals surface area contributed by atoms with Crippen LogP contribution in [0.5, 0.6) is 0 Å². The molecule has 1 fully saturated rings. The van der Waals surface area contributed by atoms with Gasteiger partial charge < -0.3 is 14.8 Å². The molecule has 0 aliphatic carbocycles. The number of piperazine rings is 1. The van der Waals surface area contributed by atoms with Crippen molar-refractivity contribution < 1.29 is 4.79 Å². The molecule has 4 rings (SSSR count). The zero-order valence-electron chi connectivity index (χ0n) is 14.7. The van der Waals surface area contributed by atoms with Crippen LogP contribution in [0.1, 0.15) is 27.8 Å². The second-order valence-electron chi connectivity index (χ2n) is 6.53. The van der Waals surface area contributed by atoms with Crippen molar-refractivity contribution in [3.8, 4) is 0 Å². The monoisotopic (exact) mass is 352 g/mol. The molecule has 3 aromatic heterocycles. The Morgan fingerprint density at radius 2 is 2.15 bits per heavy atom. The highest BCUT2D eigenvalue weighted by atomic mass is 16.2. The zero-order valence-corrected chi connectivity index (χ0v) is 14.7. The van der Waals surface area contributed by atoms with Gasteiger partial charge >= 0.3 is 0 Å². The lowest BCUT2D eigenvalue weighted by atomic mass is 10.1. The van der Waals surface area contributed by atoms with E-state index in [-0.39, 0.29) is 23.1 Å². The van der Waals surface area contributed by atoms with E-state index in [9.17, 15) is 9.59 Å². The summed E-state index contributed by atoms with van der Waals surface area (Å²) < 4.78 is 3.33. The molecule has 1 aliphatic rings. The highest BCUT2D eigenvalue weighted by Crippen LogP contribution is 2.22. The Hall–Kier alpha value is -3.00. The van der Waals surface area contributed by atoms with Crippen molar-refractivity contribution in [2.24, 2.45) is 7.05 Å². The molecule has 1 unspecified atom stereocenters. The maximum absolute atomic E-state index is 13.2. The summed E-state index contributed by atoms with van der Waals surface area (Å²) in [5.41, 5.74) is 1.19. The van der Waals surface area contributed by atoms with E-state index in [4.69, 9.17) is 0 Å². The number of carbonyl (C=O) groups is 1. The van der Waals surface area contributed by atoms with Gasteiger partial charge in [0.25, 0.3) is 11.5 Å². The van der Waals surface area contributed by atoms with Crippen LogP contribution in [0.2, 0.25) is 0 Å². The second-order valence-corrected chi connectivity index (χ2v) is 6.53. The Labute approximate surface area is 150 Å². The number of amides is 1. The summed E-state index contributed by atoms with van der Waals surface area (Å²) in [7, 11) is 1.90. The van der Waals surface area contributed by atoms with Gasteiger partial charge in [0.15, 0.2) is 0 Å². The van der Waals surface area contributed by atoms with Gasteiger partial charge in [0.2, 0.25) is 0 Å². The van der Waals surface area contributed by atoms with E-state index in [2.05, 4.69) is 15.3 Å². The van der Waals surface area contributed by atoms with E-state index in [1.807, 2.05) is 30.8 Å². The number of nitrogens with zero attached hydrogens (tertiary/aromatic N) is 5. The Bertz CT molecular complexity index is 1040. The molecule has 1 N–H and O–H groups in total. The summed E-state index contributed by atoms with van der Waals surface area (Å²) in [6.45, 7) is 3.67. The quantitative estimate of drug-likeness (QED) is 0.727. The van der Waals surface area contributed by atoms with Gasteiger partial charge in [0.05, 0.1) is 0 Å². The molecule has 0 radical (unpaired) electrons. The van der Waals surface area contributed by atoms with Crippen molar-refractivity contribution in [3.63, 3.8) is 0 Å². The fourth-order valence-electron chi connectivity index (χ4n) is 3.36. The van der Waals surface area contributed by atoms with Gasteiger partial charge in [-0.2, -0.15) is 0 Å². The number of imidazole rings is 1. The predicted octanol–water partition coefficient (Wildman–Crippen LogP) is 0.523. The topological polar surface area (TPSA) is 84.5 Å². The van der Waals surface area contributed by atoms with Crippen LogP contribution in [-0.4, -0.2) is 49.4 Å². The standard InChI is InChI=1S/C18H20N6O2/c1-12-3-4-15-21-9-13(18(26)24(15)11-12)17(25)23-8-5-19-10-14(23)16-20-6-7-22(16)2/h3-4,6-7,9,11,14,19H,5,8,10H2,1-2H3. The molecule has 1 amide bonds. The lowest BCUT2D eigenvalue weighted by molar-refractivity contribution is 0.0618. The van der Waals surface area contributed by atoms with E-state index >= 15 is 0 Å². The molecular formula is C18H20N6O2. The van der Waals surface area contributed by atoms with Crippen molar-refractivity contribution in [2.75, 3.05) is 19.6 Å². The molecule has 3 aromatic rings. The molecule has 0 bridgehead atoms. The average Bonchev–Trinajstić information content (AvgIpc) is 3.08. The number of fused-ring (bicyclic) bond motifs is 1. The molecule has 1 saturated heterocycles. The van der Waals surface area contributed by atoms with Gasteiger partial charge in [-0.15, -0.1) is 0 Å². The summed E-state index contributed by atoms with van der Waals surface area (Å²) in [4.78, 5) is 36.4. The van der Waals surface area contributed by atoms with Gasteiger partial charge in [-0.25, -0.2) is 9.97 Å². The van der Waals surface area contributed by atoms with Crippen LogP contribution < -0.4 is 10.9 Å². The van der Waals surface area contributed by atoms with Crippen molar-refractivity contribution >= 4 is 11.6 Å². The summed E-state index contributed by atoms with van der Waals surface area (Å²) >= 11 is 0. The Balaban J connectivity index is 1.76. The number of rotatable bonds is 2. The first-order chi connectivity index (χ1) is 12.6. The largest absolute Gasteiger partial charge is 0.336 e. The number of aromatic nitrogens is 4. The summed E-state index contributed by atoms with van der Waals surface area (Å²) in [6.07, 6.45) is 6.64. The van der Waals surface area contributed by atoms with Crippen LogP contribution >= 0.6 is 0 Å². The van der Waals surface area contributed by atoms with Crippen LogP contribution in [0.4, 0.5) is 0 Å². The molecule has 8 heteroatoms. The SMILES string of the molecule is Cc1ccc2ncc(C(=O)N3CCNCC3c3nccn3C)c(=O)n2c1. The normalized spacial score (nSPS) is 17.6. The lowest BCUT2D eigenvalue weighted by Crippen LogP contribution is -2.50. The summed E-state index contributed by atoms with van der Waals surface area (Å²) in [6, 6.07) is 3.43. The van der Waals surface area contributed by atoms with Gasteiger partial charge in [-0.1, -0.05) is 6.07 Å². The molecule has 1 aliphatic heterocycles. The molecule has 1 atom stereocenters. The lowest BCUT2D eigenvalue weighted by Gasteiger charge is -2.35. The molecule has 0 saturated carbocycles. The van der Waals surface area contributed by atoms with Gasteiger partial charge in [-0.3, -0.25) is 14.0 Å². The van der Waals surface area contributed by atoms with Crippen molar-refractivity contribution in [3.05, 3.63) is 64.2 Å². The second kappa shape index (κ2) is 6.38. The number of aryl methyl sites for hydroxylation is 2. The third-order valence-corrected chi connectivity index (χ3v) is 4.74. The highest BCUT2D eigenvalue weighted by molar-refractivity contribution is 5.94. The smallest absolute Gasteiger partial charge is 0.270 e. The van der Waals surface area contributed by atoms with E-state index in [0.717, 1.165) is 11.4 Å². The third kappa shape index (κ3) is 2.68. The highest BCUT2D eigenvalue weighted by Gasteiger charge is 2.32. The maximum Gasteiger partial charge on any atom is 0.270 e. The molecule has 134 valence electrons. The van der Waals surface area contributed by atoms with Crippen LogP contribution in [0.15, 0.2) is 41.7 Å². The van der Waals surface area contributed by atoms with Crippen molar-refractivity contribution in [1.82, 2.24) is 29.2 Å². The average molecular weight is 352 g/mol. The fraction of sp³-hybridized carbons (Fsp3) is 0.333. The minimum absolute atomic E-state index is 0.0780. The number of nitrogens with one attached hydrogen (secondary N) is 1. The molecule has 0 aromatic carbocycles. The summed E-state index contributed by atoms with van der Waals surface area (Å²) in [5.74, 6) is 0.475. The number of hydrogen-bond donors (Lipinski definition) is 1. The van der Waals surface area contributed by atoms with E-state index in [1.165, 1.54) is 10.6 Å². The molecule has 8 nitrogen and oxygen atoms in total. The van der Waals surface area contributed by atoms with E-state index < -0.39 is 0 Å². The minimum Gasteiger partial charge on any atom is -0.336 e. The van der Waals surface area contributed by atoms with E-state index in [0.29, 0.717) is 25.3 Å². The third-order valence-electron chi connectivity index (χ3n) is 4.74. The Kier molecular flexibility index (Phi) is 4.04. The first-order valence-corrected chi connectivity index (χ1v) is 8.53. The van der Waals surface area contributed by atoms with Crippen LogP contribution in [0.25, 0.3) is 5.65 Å². The van der Waals surface area contributed by atoms with E-state index in [1.54, 1.807) is 23.4 Å². The first kappa shape index (κ1) is 16.5. The predicted molar refractivity (Wildman–Crippen MR) is 96.1 cm³/mol. The fourth-order valence-corrected chi connectivity index (χ4v) is 3.36. The van der Waals surface area contributed by atoms with Gasteiger partial charge in [0.1, 0.15) is 23.1 Å². The number of pyridine rings is 1. The van der Waals surface area contributed by atoms with Crippen LogP contribution in [-0.2, 0) is 7.05 Å². The maximum atomic E-state index is 13.2. The van der Waals surface area contributed by atoms with Gasteiger partial charge in [-0.05, 0) is 18.6 Å². The van der Waals surface area contributed by atoms with Crippen molar-refractivity contribution in [1.29, 1.82) is 0 Å². The molecule has 0 spiro atoms. The Morgan fingerprint density at radius 1 is 1.31 bits per heavy atom. The number of hydrogen-bond acceptors (Lipinski definition) is 5. The van der Waals surface area contributed by atoms with Crippen LogP contribution in [0, 0.1) is 6.92 Å².